The lowest BCUT2D eigenvalue weighted by molar-refractivity contribution is 0.338. The molecule has 0 saturated carbocycles. The van der Waals surface area contributed by atoms with Crippen molar-refractivity contribution in [2.75, 3.05) is 7.11 Å². The monoisotopic (exact) mass is 296 g/mol. The molecule has 3 unspecified atom stereocenters. The predicted octanol–water partition coefficient (Wildman–Crippen LogP) is 1.72. The molecule has 1 aromatic rings. The molecule has 1 aromatic carbocycles. The molecule has 0 amide bonds. The summed E-state index contributed by atoms with van der Waals surface area (Å²) >= 11 is 0. The normalized spacial score (nSPS) is 31.4. The Morgan fingerprint density at radius 2 is 2.09 bits per heavy atom. The van der Waals surface area contributed by atoms with E-state index in [2.05, 4.69) is 15.6 Å². The van der Waals surface area contributed by atoms with E-state index in [1.807, 2.05) is 12.2 Å². The van der Waals surface area contributed by atoms with E-state index < -0.39 is 10.8 Å². The maximum atomic E-state index is 13.6. The van der Waals surface area contributed by atoms with Gasteiger partial charge in [0.25, 0.3) is 0 Å². The highest BCUT2D eigenvalue weighted by Gasteiger charge is 2.44. The molecule has 112 valence electrons. The molecule has 2 N–H and O–H groups in total. The smallest absolute Gasteiger partial charge is 0.196 e. The quantitative estimate of drug-likeness (QED) is 0.644. The fourth-order valence-electron chi connectivity index (χ4n) is 3.11. The van der Waals surface area contributed by atoms with E-state index in [4.69, 9.17) is 4.74 Å². The Kier molecular flexibility index (Phi) is 2.82. The Morgan fingerprint density at radius 1 is 1.27 bits per heavy atom. The van der Waals surface area contributed by atoms with Crippen molar-refractivity contribution in [1.82, 2.24) is 15.3 Å². The van der Waals surface area contributed by atoms with Crippen molar-refractivity contribution in [2.45, 2.75) is 12.2 Å². The van der Waals surface area contributed by atoms with Crippen molar-refractivity contribution >= 4 is 12.0 Å². The van der Waals surface area contributed by atoms with E-state index >= 15 is 0 Å². The summed E-state index contributed by atoms with van der Waals surface area (Å²) in [7, 11) is 1.61. The Labute approximate surface area is 128 Å². The van der Waals surface area contributed by atoms with E-state index in [0.29, 0.717) is 5.69 Å². The number of allylic oxidation sites excluding steroid dienone is 2. The fourth-order valence-corrected chi connectivity index (χ4v) is 3.11. The molecule has 0 bridgehead atoms. The summed E-state index contributed by atoms with van der Waals surface area (Å²) in [6, 6.07) is 7.12. The van der Waals surface area contributed by atoms with Crippen molar-refractivity contribution in [3.8, 4) is 5.75 Å². The highest BCUT2D eigenvalue weighted by Crippen LogP contribution is 2.39. The summed E-state index contributed by atoms with van der Waals surface area (Å²) in [5.74, 6) is 0.729. The van der Waals surface area contributed by atoms with Crippen LogP contribution in [-0.4, -0.2) is 25.7 Å². The first-order valence-electron chi connectivity index (χ1n) is 7.10. The van der Waals surface area contributed by atoms with E-state index in [1.54, 1.807) is 50.1 Å². The van der Waals surface area contributed by atoms with Crippen LogP contribution in [0.15, 0.2) is 65.1 Å². The van der Waals surface area contributed by atoms with Gasteiger partial charge in [0.15, 0.2) is 6.17 Å². The zero-order valence-electron chi connectivity index (χ0n) is 12.1. The molecule has 0 aromatic heterocycles. The summed E-state index contributed by atoms with van der Waals surface area (Å²) in [5, 5.41) is 19.9. The number of aliphatic imine (C=N–C) groups is 1. The van der Waals surface area contributed by atoms with Crippen LogP contribution in [0.3, 0.4) is 0 Å². The molecule has 0 saturated heterocycles. The van der Waals surface area contributed by atoms with Gasteiger partial charge in [0.1, 0.15) is 29.4 Å². The van der Waals surface area contributed by atoms with Gasteiger partial charge < -0.3 is 20.6 Å². The molecule has 0 aliphatic carbocycles. The largest absolute Gasteiger partial charge is 0.620 e. The molecule has 3 heterocycles. The number of fused-ring (bicyclic) bond motifs is 3. The molecule has 6 heteroatoms. The number of rotatable bonds is 2. The zero-order chi connectivity index (χ0) is 15.2. The molecule has 3 aliphatic rings. The average Bonchev–Trinajstić information content (AvgIpc) is 3.03. The summed E-state index contributed by atoms with van der Waals surface area (Å²) in [4.78, 5) is 4.41. The van der Waals surface area contributed by atoms with Gasteiger partial charge in [0.05, 0.1) is 13.4 Å². The van der Waals surface area contributed by atoms with Crippen LogP contribution in [0, 0.1) is 5.21 Å². The van der Waals surface area contributed by atoms with E-state index in [9.17, 15) is 5.21 Å². The third kappa shape index (κ3) is 1.78. The van der Waals surface area contributed by atoms with Crippen molar-refractivity contribution in [1.29, 1.82) is 0 Å². The van der Waals surface area contributed by atoms with Gasteiger partial charge in [-0.2, -0.15) is 0 Å². The maximum Gasteiger partial charge on any atom is 0.196 e. The minimum absolute atomic E-state index is 0.0964. The second-order valence-electron chi connectivity index (χ2n) is 5.41. The number of methoxy groups -OCH3 is 1. The van der Waals surface area contributed by atoms with Gasteiger partial charge in [-0.3, -0.25) is 9.64 Å². The van der Waals surface area contributed by atoms with E-state index in [1.165, 1.54) is 0 Å². The molecule has 0 radical (unpaired) electrons. The van der Waals surface area contributed by atoms with Crippen molar-refractivity contribution in [2.24, 2.45) is 4.99 Å². The minimum Gasteiger partial charge on any atom is -0.620 e. The summed E-state index contributed by atoms with van der Waals surface area (Å²) < 4.78 is 4.56. The lowest BCUT2D eigenvalue weighted by atomic mass is 9.95. The predicted molar refractivity (Wildman–Crippen MR) is 85.8 cm³/mol. The molecule has 22 heavy (non-hydrogen) atoms. The molecule has 0 fully saturated rings. The first-order valence-corrected chi connectivity index (χ1v) is 7.10. The molecule has 0 spiro atoms. The topological polar surface area (TPSA) is 68.7 Å². The second-order valence-corrected chi connectivity index (χ2v) is 5.41. The number of ether oxygens (including phenoxy) is 1. The van der Waals surface area contributed by atoms with Gasteiger partial charge >= 0.3 is 0 Å². The van der Waals surface area contributed by atoms with Gasteiger partial charge in [0.2, 0.25) is 0 Å². The van der Waals surface area contributed by atoms with Crippen molar-refractivity contribution in [3.63, 3.8) is 0 Å². The number of hydrogen-bond donors (Lipinski definition) is 2. The van der Waals surface area contributed by atoms with Gasteiger partial charge in [-0.25, -0.2) is 0 Å². The molecule has 6 nitrogen and oxygen atoms in total. The number of nitrogens with zero attached hydrogens (tertiary/aromatic N) is 2. The van der Waals surface area contributed by atoms with E-state index in [-0.39, 0.29) is 6.04 Å². The minimum atomic E-state index is -0.609. The van der Waals surface area contributed by atoms with Crippen LogP contribution in [0.25, 0.3) is 0 Å². The van der Waals surface area contributed by atoms with Crippen LogP contribution in [0.2, 0.25) is 0 Å². The fraction of sp³-hybridized carbons (Fsp3) is 0.188. The molecule has 3 aliphatic heterocycles. The number of hydrogen-bond acceptors (Lipinski definition) is 5. The third-order valence-corrected chi connectivity index (χ3v) is 4.21. The Bertz CT molecular complexity index is 720. The lowest BCUT2D eigenvalue weighted by Crippen LogP contribution is -2.60. The van der Waals surface area contributed by atoms with Crippen molar-refractivity contribution in [3.05, 3.63) is 65.3 Å². The van der Waals surface area contributed by atoms with Gasteiger partial charge in [0, 0.05) is 23.9 Å². The van der Waals surface area contributed by atoms with E-state index in [0.717, 1.165) is 17.0 Å². The first kappa shape index (κ1) is 13.1. The SMILES string of the molecule is COc1ccc([N+]2([O-])C=C3NC=NC3C3=CC=CNC32)cc1. The Hall–Kier alpha value is -2.57. The third-order valence-electron chi connectivity index (χ3n) is 4.21. The Morgan fingerprint density at radius 3 is 2.86 bits per heavy atom. The highest BCUT2D eigenvalue weighted by molar-refractivity contribution is 5.68. The molecule has 4 rings (SSSR count). The van der Waals surface area contributed by atoms with Crippen LogP contribution in [0.5, 0.6) is 5.75 Å². The first-order chi connectivity index (χ1) is 10.7. The molecular weight excluding hydrogens is 280 g/mol. The number of nitrogens with one attached hydrogen (secondary N) is 2. The maximum absolute atomic E-state index is 13.6. The van der Waals surface area contributed by atoms with Crippen molar-refractivity contribution < 1.29 is 4.74 Å². The Balaban J connectivity index is 1.83. The van der Waals surface area contributed by atoms with Crippen LogP contribution in [-0.2, 0) is 0 Å². The van der Waals surface area contributed by atoms with Gasteiger partial charge in [-0.15, -0.1) is 0 Å². The van der Waals surface area contributed by atoms with Crippen LogP contribution >= 0.6 is 0 Å². The summed E-state index contributed by atoms with van der Waals surface area (Å²) in [5.41, 5.74) is 2.43. The molecule has 3 atom stereocenters. The number of benzene rings is 1. The highest BCUT2D eigenvalue weighted by atomic mass is 16.6. The van der Waals surface area contributed by atoms with Crippen LogP contribution < -0.4 is 20.0 Å². The number of hydroxylamine groups is 2. The van der Waals surface area contributed by atoms with Gasteiger partial charge in [-0.05, 0) is 18.2 Å². The molecular formula is C16H16N4O2. The number of dihydropyridines is 1. The summed E-state index contributed by atoms with van der Waals surface area (Å²) in [6.07, 6.45) is 8.60. The van der Waals surface area contributed by atoms with Crippen LogP contribution in [0.1, 0.15) is 0 Å². The lowest BCUT2D eigenvalue weighted by Gasteiger charge is -2.49. The standard InChI is InChI=1S/C16H16N4O2/c1-22-12-6-4-11(5-7-12)20(21)9-14-15(19-10-18-14)13-3-2-8-17-16(13)20/h2-10,15-17H,1H3,(H,18,19). The summed E-state index contributed by atoms with van der Waals surface area (Å²) in [6.45, 7) is 0. The second kappa shape index (κ2) is 4.72. The number of quaternary nitrogens is 1. The zero-order valence-corrected chi connectivity index (χ0v) is 12.1. The van der Waals surface area contributed by atoms with Crippen LogP contribution in [0.4, 0.5) is 5.69 Å². The average molecular weight is 296 g/mol. The van der Waals surface area contributed by atoms with Gasteiger partial charge in [-0.1, -0.05) is 6.08 Å².